The van der Waals surface area contributed by atoms with Gasteiger partial charge in [0.05, 0.1) is 4.90 Å². The van der Waals surface area contributed by atoms with E-state index in [0.29, 0.717) is 25.2 Å². The number of benzene rings is 1. The summed E-state index contributed by atoms with van der Waals surface area (Å²) in [6, 6.07) is 3.46. The van der Waals surface area contributed by atoms with Crippen molar-refractivity contribution in [3.8, 4) is 0 Å². The molecule has 0 saturated carbocycles. The maximum absolute atomic E-state index is 12.3. The van der Waals surface area contributed by atoms with Gasteiger partial charge in [0.15, 0.2) is 0 Å². The third-order valence-electron chi connectivity index (χ3n) is 2.73. The molecule has 1 aromatic rings. The highest BCUT2D eigenvalue weighted by atomic mass is 79.9. The van der Waals surface area contributed by atoms with Crippen LogP contribution in [0.5, 0.6) is 0 Å². The van der Waals surface area contributed by atoms with Gasteiger partial charge in [-0.25, -0.2) is 13.1 Å². The lowest BCUT2D eigenvalue weighted by molar-refractivity contribution is 0.412. The van der Waals surface area contributed by atoms with Crippen molar-refractivity contribution in [2.24, 2.45) is 5.73 Å². The molecule has 0 saturated heterocycles. The zero-order chi connectivity index (χ0) is 14.6. The Morgan fingerprint density at radius 3 is 2.53 bits per heavy atom. The van der Waals surface area contributed by atoms with Gasteiger partial charge in [-0.15, -0.1) is 0 Å². The molecule has 7 heteroatoms. The number of hydrogen-bond donors (Lipinski definition) is 2. The second-order valence-corrected chi connectivity index (χ2v) is 7.20. The molecule has 0 amide bonds. The maximum atomic E-state index is 12.3. The molecule has 0 spiro atoms. The van der Waals surface area contributed by atoms with Crippen LogP contribution in [0.15, 0.2) is 21.5 Å². The monoisotopic (exact) mass is 349 g/mol. The van der Waals surface area contributed by atoms with Crippen molar-refractivity contribution in [3.05, 3.63) is 27.7 Å². The molecular weight excluding hydrogens is 330 g/mol. The van der Waals surface area contributed by atoms with Crippen molar-refractivity contribution in [2.75, 3.05) is 27.2 Å². The predicted octanol–water partition coefficient (Wildman–Crippen LogP) is 1.06. The van der Waals surface area contributed by atoms with Crippen molar-refractivity contribution in [2.45, 2.75) is 18.4 Å². The number of nitrogens with two attached hydrogens (primary N) is 1. The summed E-state index contributed by atoms with van der Waals surface area (Å²) < 4.78 is 27.9. The van der Waals surface area contributed by atoms with Crippen LogP contribution in [0.25, 0.3) is 0 Å². The molecule has 0 radical (unpaired) electrons. The van der Waals surface area contributed by atoms with E-state index in [-0.39, 0.29) is 4.90 Å². The van der Waals surface area contributed by atoms with Crippen molar-refractivity contribution >= 4 is 26.0 Å². The fourth-order valence-corrected chi connectivity index (χ4v) is 3.56. The first-order valence-electron chi connectivity index (χ1n) is 5.91. The Morgan fingerprint density at radius 1 is 1.37 bits per heavy atom. The molecule has 0 unspecified atom stereocenters. The summed E-state index contributed by atoms with van der Waals surface area (Å²) in [5.41, 5.74) is 7.05. The number of hydrogen-bond acceptors (Lipinski definition) is 4. The minimum atomic E-state index is -3.50. The predicted molar refractivity (Wildman–Crippen MR) is 80.5 cm³/mol. The van der Waals surface area contributed by atoms with Gasteiger partial charge in [0.25, 0.3) is 0 Å². The lowest BCUT2D eigenvalue weighted by Gasteiger charge is -2.14. The Hall–Kier alpha value is -0.470. The summed E-state index contributed by atoms with van der Waals surface area (Å²) >= 11 is 3.37. The SMILES string of the molecule is Cc1c(Br)cc(CN)cc1S(=O)(=O)NCCN(C)C. The Kier molecular flexibility index (Phi) is 5.94. The van der Waals surface area contributed by atoms with Gasteiger partial charge >= 0.3 is 0 Å². The van der Waals surface area contributed by atoms with E-state index in [1.54, 1.807) is 13.0 Å². The minimum Gasteiger partial charge on any atom is -0.326 e. The molecule has 0 bridgehead atoms. The molecule has 108 valence electrons. The Labute approximate surface area is 123 Å². The minimum absolute atomic E-state index is 0.279. The fraction of sp³-hybridized carbons (Fsp3) is 0.500. The second kappa shape index (κ2) is 6.81. The van der Waals surface area contributed by atoms with Gasteiger partial charge in [0.2, 0.25) is 10.0 Å². The van der Waals surface area contributed by atoms with Crippen LogP contribution in [0.4, 0.5) is 0 Å². The zero-order valence-electron chi connectivity index (χ0n) is 11.4. The molecule has 3 N–H and O–H groups in total. The molecular formula is C12H20BrN3O2S. The van der Waals surface area contributed by atoms with Gasteiger partial charge in [0, 0.05) is 24.1 Å². The second-order valence-electron chi connectivity index (χ2n) is 4.61. The first-order valence-corrected chi connectivity index (χ1v) is 8.19. The van der Waals surface area contributed by atoms with Crippen molar-refractivity contribution in [1.82, 2.24) is 9.62 Å². The highest BCUT2D eigenvalue weighted by Gasteiger charge is 2.18. The van der Waals surface area contributed by atoms with Crippen LogP contribution in [0.1, 0.15) is 11.1 Å². The molecule has 19 heavy (non-hydrogen) atoms. The fourth-order valence-electron chi connectivity index (χ4n) is 1.59. The topological polar surface area (TPSA) is 75.4 Å². The average molecular weight is 350 g/mol. The first kappa shape index (κ1) is 16.6. The van der Waals surface area contributed by atoms with Crippen LogP contribution in [0.2, 0.25) is 0 Å². The van der Waals surface area contributed by atoms with E-state index in [4.69, 9.17) is 5.73 Å². The lowest BCUT2D eigenvalue weighted by Crippen LogP contribution is -2.31. The van der Waals surface area contributed by atoms with Crippen LogP contribution in [0.3, 0.4) is 0 Å². The summed E-state index contributed by atoms with van der Waals surface area (Å²) in [6.07, 6.45) is 0. The summed E-state index contributed by atoms with van der Waals surface area (Å²) in [4.78, 5) is 2.20. The summed E-state index contributed by atoms with van der Waals surface area (Å²) in [6.45, 7) is 3.10. The first-order chi connectivity index (χ1) is 8.77. The summed E-state index contributed by atoms with van der Waals surface area (Å²) in [5.74, 6) is 0. The summed E-state index contributed by atoms with van der Waals surface area (Å²) in [5, 5.41) is 0. The van der Waals surface area contributed by atoms with Crippen LogP contribution in [-0.2, 0) is 16.6 Å². The molecule has 1 rings (SSSR count). The quantitative estimate of drug-likeness (QED) is 0.804. The molecule has 0 aromatic heterocycles. The van der Waals surface area contributed by atoms with E-state index >= 15 is 0 Å². The Balaban J connectivity index is 3.03. The van der Waals surface area contributed by atoms with Crippen LogP contribution < -0.4 is 10.5 Å². The van der Waals surface area contributed by atoms with Gasteiger partial charge in [-0.05, 0) is 44.3 Å². The standard InChI is InChI=1S/C12H20BrN3O2S/c1-9-11(13)6-10(8-14)7-12(9)19(17,18)15-4-5-16(2)3/h6-7,15H,4-5,8,14H2,1-3H3. The van der Waals surface area contributed by atoms with Gasteiger partial charge in [-0.3, -0.25) is 0 Å². The molecule has 0 heterocycles. The number of halogens is 1. The number of nitrogens with one attached hydrogen (secondary N) is 1. The van der Waals surface area contributed by atoms with E-state index < -0.39 is 10.0 Å². The average Bonchev–Trinajstić information content (AvgIpc) is 2.31. The van der Waals surface area contributed by atoms with Crippen molar-refractivity contribution in [1.29, 1.82) is 0 Å². The molecule has 0 fully saturated rings. The van der Waals surface area contributed by atoms with Gasteiger partial charge in [-0.1, -0.05) is 15.9 Å². The molecule has 5 nitrogen and oxygen atoms in total. The molecule has 0 aliphatic rings. The van der Waals surface area contributed by atoms with E-state index in [1.807, 2.05) is 25.1 Å². The van der Waals surface area contributed by atoms with Crippen molar-refractivity contribution < 1.29 is 8.42 Å². The van der Waals surface area contributed by atoms with Gasteiger partial charge < -0.3 is 10.6 Å². The van der Waals surface area contributed by atoms with E-state index in [0.717, 1.165) is 10.0 Å². The highest BCUT2D eigenvalue weighted by molar-refractivity contribution is 9.10. The zero-order valence-corrected chi connectivity index (χ0v) is 13.8. The van der Waals surface area contributed by atoms with Gasteiger partial charge in [-0.2, -0.15) is 0 Å². The normalized spacial score (nSPS) is 12.1. The van der Waals surface area contributed by atoms with Crippen LogP contribution in [0, 0.1) is 6.92 Å². The van der Waals surface area contributed by atoms with Gasteiger partial charge in [0.1, 0.15) is 0 Å². The van der Waals surface area contributed by atoms with E-state index in [1.165, 1.54) is 0 Å². The number of rotatable bonds is 6. The third kappa shape index (κ3) is 4.54. The smallest absolute Gasteiger partial charge is 0.240 e. The maximum Gasteiger partial charge on any atom is 0.240 e. The largest absolute Gasteiger partial charge is 0.326 e. The summed E-state index contributed by atoms with van der Waals surface area (Å²) in [7, 11) is 0.284. The molecule has 0 aliphatic carbocycles. The van der Waals surface area contributed by atoms with Crippen molar-refractivity contribution in [3.63, 3.8) is 0 Å². The molecule has 0 atom stereocenters. The van der Waals surface area contributed by atoms with E-state index in [9.17, 15) is 8.42 Å². The number of sulfonamides is 1. The van der Waals surface area contributed by atoms with Crippen LogP contribution in [-0.4, -0.2) is 40.5 Å². The molecule has 1 aromatic carbocycles. The van der Waals surface area contributed by atoms with Crippen LogP contribution >= 0.6 is 15.9 Å². The third-order valence-corrected chi connectivity index (χ3v) is 5.14. The Morgan fingerprint density at radius 2 is 2.00 bits per heavy atom. The Bertz CT molecular complexity index is 544. The van der Waals surface area contributed by atoms with E-state index in [2.05, 4.69) is 20.7 Å². The highest BCUT2D eigenvalue weighted by Crippen LogP contribution is 2.25. The number of nitrogens with zero attached hydrogens (tertiary/aromatic N) is 1. The lowest BCUT2D eigenvalue weighted by atomic mass is 10.1. The molecule has 0 aliphatic heterocycles. The number of likely N-dealkylation sites (N-methyl/N-ethyl adjacent to an activating group) is 1.